The number of amides is 1. The lowest BCUT2D eigenvalue weighted by Crippen LogP contribution is -2.16. The van der Waals surface area contributed by atoms with Crippen LogP contribution in [0.25, 0.3) is 10.7 Å². The number of anilines is 1. The molecule has 0 saturated carbocycles. The summed E-state index contributed by atoms with van der Waals surface area (Å²) in [6, 6.07) is 15.6. The van der Waals surface area contributed by atoms with Crippen LogP contribution >= 0.6 is 23.1 Å². The number of thiophene rings is 1. The van der Waals surface area contributed by atoms with Crippen molar-refractivity contribution >= 4 is 34.7 Å². The van der Waals surface area contributed by atoms with Crippen molar-refractivity contribution in [2.45, 2.75) is 12.1 Å². The highest BCUT2D eigenvalue weighted by molar-refractivity contribution is 7.99. The normalized spacial score (nSPS) is 10.9. The Bertz CT molecular complexity index is 1040. The molecule has 3 aromatic heterocycles. The van der Waals surface area contributed by atoms with Gasteiger partial charge in [-0.1, -0.05) is 36.0 Å². The van der Waals surface area contributed by atoms with Gasteiger partial charge in [0.1, 0.15) is 0 Å². The average Bonchev–Trinajstić information content (AvgIpc) is 3.42. The van der Waals surface area contributed by atoms with Gasteiger partial charge in [-0.3, -0.25) is 9.47 Å². The number of hydrogen-bond acceptors (Lipinski definition) is 5. The third kappa shape index (κ3) is 3.81. The minimum Gasteiger partial charge on any atom is -0.325 e. The molecule has 0 aliphatic heterocycles. The fraction of sp³-hybridized carbons (Fsp3) is 0.105. The van der Waals surface area contributed by atoms with Crippen LogP contribution in [0.1, 0.15) is 5.56 Å². The molecule has 0 spiro atoms. The van der Waals surface area contributed by atoms with Crippen LogP contribution < -0.4 is 5.32 Å². The highest BCUT2D eigenvalue weighted by atomic mass is 32.2. The Morgan fingerprint density at radius 1 is 1.11 bits per heavy atom. The molecule has 0 fully saturated rings. The second-order valence-electron chi connectivity index (χ2n) is 5.81. The van der Waals surface area contributed by atoms with Crippen LogP contribution in [0.5, 0.6) is 0 Å². The quantitative estimate of drug-likeness (QED) is 0.498. The maximum Gasteiger partial charge on any atom is 0.234 e. The summed E-state index contributed by atoms with van der Waals surface area (Å²) < 4.78 is 3.83. The SMILES string of the molecule is Cc1ccccc1NC(=O)CSc1nnc(-c2cccs2)n1-n1cccc1. The molecule has 0 saturated heterocycles. The highest BCUT2D eigenvalue weighted by Crippen LogP contribution is 2.27. The lowest BCUT2D eigenvalue weighted by molar-refractivity contribution is -0.113. The van der Waals surface area contributed by atoms with E-state index in [4.69, 9.17) is 0 Å². The van der Waals surface area contributed by atoms with Crippen LogP contribution in [-0.2, 0) is 4.79 Å². The number of para-hydroxylation sites is 1. The third-order valence-electron chi connectivity index (χ3n) is 3.92. The van der Waals surface area contributed by atoms with E-state index >= 15 is 0 Å². The molecular weight excluding hydrogens is 378 g/mol. The van der Waals surface area contributed by atoms with Crippen molar-refractivity contribution in [3.8, 4) is 10.7 Å². The van der Waals surface area contributed by atoms with E-state index in [0.29, 0.717) is 5.16 Å². The van der Waals surface area contributed by atoms with Gasteiger partial charge in [-0.05, 0) is 42.1 Å². The van der Waals surface area contributed by atoms with E-state index in [9.17, 15) is 4.79 Å². The summed E-state index contributed by atoms with van der Waals surface area (Å²) >= 11 is 2.96. The lowest BCUT2D eigenvalue weighted by Gasteiger charge is -2.11. The number of thioether (sulfide) groups is 1. The highest BCUT2D eigenvalue weighted by Gasteiger charge is 2.17. The van der Waals surface area contributed by atoms with E-state index in [1.165, 1.54) is 11.8 Å². The Labute approximate surface area is 164 Å². The molecule has 136 valence electrons. The number of nitrogens with one attached hydrogen (secondary N) is 1. The summed E-state index contributed by atoms with van der Waals surface area (Å²) in [4.78, 5) is 13.4. The minimum atomic E-state index is -0.0750. The first kappa shape index (κ1) is 17.6. The molecule has 0 radical (unpaired) electrons. The van der Waals surface area contributed by atoms with Gasteiger partial charge in [0.05, 0.1) is 10.6 Å². The first-order valence-electron chi connectivity index (χ1n) is 8.33. The number of hydrogen-bond donors (Lipinski definition) is 1. The van der Waals surface area contributed by atoms with Crippen LogP contribution in [0.2, 0.25) is 0 Å². The predicted molar refractivity (Wildman–Crippen MR) is 109 cm³/mol. The number of nitrogens with zero attached hydrogens (tertiary/aromatic N) is 4. The molecule has 0 unspecified atom stereocenters. The van der Waals surface area contributed by atoms with Crippen molar-refractivity contribution in [3.05, 3.63) is 71.9 Å². The minimum absolute atomic E-state index is 0.0750. The molecule has 0 atom stereocenters. The van der Waals surface area contributed by atoms with Crippen LogP contribution in [0.15, 0.2) is 71.5 Å². The lowest BCUT2D eigenvalue weighted by atomic mass is 10.2. The molecule has 4 aromatic rings. The Balaban J connectivity index is 1.54. The first-order valence-corrected chi connectivity index (χ1v) is 10.2. The van der Waals surface area contributed by atoms with Crippen molar-refractivity contribution in [2.75, 3.05) is 11.1 Å². The number of rotatable bonds is 6. The zero-order chi connectivity index (χ0) is 18.6. The Hall–Kier alpha value is -2.84. The molecule has 1 N–H and O–H groups in total. The van der Waals surface area contributed by atoms with Crippen molar-refractivity contribution in [1.82, 2.24) is 19.5 Å². The van der Waals surface area contributed by atoms with Crippen LogP contribution in [-0.4, -0.2) is 31.2 Å². The summed E-state index contributed by atoms with van der Waals surface area (Å²) in [5.74, 6) is 0.926. The molecular formula is C19H17N5OS2. The molecule has 0 aliphatic rings. The molecule has 1 amide bonds. The smallest absolute Gasteiger partial charge is 0.234 e. The van der Waals surface area contributed by atoms with Gasteiger partial charge in [-0.2, -0.15) is 0 Å². The fourth-order valence-electron chi connectivity index (χ4n) is 2.61. The summed E-state index contributed by atoms with van der Waals surface area (Å²) in [5.41, 5.74) is 1.86. The third-order valence-corrected chi connectivity index (χ3v) is 5.71. The van der Waals surface area contributed by atoms with E-state index in [1.54, 1.807) is 11.3 Å². The second-order valence-corrected chi connectivity index (χ2v) is 7.70. The van der Waals surface area contributed by atoms with Gasteiger partial charge in [0.15, 0.2) is 5.82 Å². The van der Waals surface area contributed by atoms with Crippen LogP contribution in [0, 0.1) is 6.92 Å². The van der Waals surface area contributed by atoms with E-state index in [-0.39, 0.29) is 11.7 Å². The molecule has 1 aromatic carbocycles. The Morgan fingerprint density at radius 2 is 1.93 bits per heavy atom. The molecule has 0 bridgehead atoms. The summed E-state index contributed by atoms with van der Waals surface area (Å²) in [6.07, 6.45) is 3.86. The largest absolute Gasteiger partial charge is 0.325 e. The number of aryl methyl sites for hydroxylation is 1. The van der Waals surface area contributed by atoms with Gasteiger partial charge in [-0.25, -0.2) is 4.68 Å². The van der Waals surface area contributed by atoms with E-state index in [2.05, 4.69) is 15.5 Å². The molecule has 6 nitrogen and oxygen atoms in total. The van der Waals surface area contributed by atoms with Crippen molar-refractivity contribution in [3.63, 3.8) is 0 Å². The van der Waals surface area contributed by atoms with E-state index in [0.717, 1.165) is 22.0 Å². The number of benzene rings is 1. The zero-order valence-corrected chi connectivity index (χ0v) is 16.2. The van der Waals surface area contributed by atoms with Gasteiger partial charge in [0.25, 0.3) is 0 Å². The van der Waals surface area contributed by atoms with Gasteiger partial charge in [-0.15, -0.1) is 21.5 Å². The van der Waals surface area contributed by atoms with Crippen LogP contribution in [0.4, 0.5) is 5.69 Å². The maximum atomic E-state index is 12.4. The molecule has 8 heteroatoms. The van der Waals surface area contributed by atoms with Gasteiger partial charge in [0.2, 0.25) is 11.1 Å². The maximum absolute atomic E-state index is 12.4. The van der Waals surface area contributed by atoms with Gasteiger partial charge >= 0.3 is 0 Å². The van der Waals surface area contributed by atoms with Crippen molar-refractivity contribution < 1.29 is 4.79 Å². The molecule has 27 heavy (non-hydrogen) atoms. The molecule has 4 rings (SSSR count). The van der Waals surface area contributed by atoms with Gasteiger partial charge in [0, 0.05) is 18.1 Å². The second kappa shape index (κ2) is 7.81. The van der Waals surface area contributed by atoms with E-state index in [1.807, 2.05) is 82.6 Å². The Morgan fingerprint density at radius 3 is 2.67 bits per heavy atom. The van der Waals surface area contributed by atoms with E-state index < -0.39 is 0 Å². The predicted octanol–water partition coefficient (Wildman–Crippen LogP) is 4.16. The first-order chi connectivity index (χ1) is 13.2. The van der Waals surface area contributed by atoms with Crippen molar-refractivity contribution in [2.24, 2.45) is 0 Å². The average molecular weight is 396 g/mol. The number of aromatic nitrogens is 4. The zero-order valence-electron chi connectivity index (χ0n) is 14.6. The molecule has 0 aliphatic carbocycles. The summed E-state index contributed by atoms with van der Waals surface area (Å²) in [5, 5.41) is 14.3. The number of carbonyl (C=O) groups excluding carboxylic acids is 1. The standard InChI is InChI=1S/C19H17N5OS2/c1-14-7-2-3-8-15(14)20-17(25)13-27-19-22-21-18(16-9-6-12-26-16)24(19)23-10-4-5-11-23/h2-12H,13H2,1H3,(H,20,25). The number of carbonyl (C=O) groups is 1. The van der Waals surface area contributed by atoms with Crippen LogP contribution in [0.3, 0.4) is 0 Å². The monoisotopic (exact) mass is 395 g/mol. The fourth-order valence-corrected chi connectivity index (χ4v) is 4.04. The Kier molecular flexibility index (Phi) is 5.08. The summed E-state index contributed by atoms with van der Waals surface area (Å²) in [6.45, 7) is 1.97. The van der Waals surface area contributed by atoms with Gasteiger partial charge < -0.3 is 5.32 Å². The molecule has 3 heterocycles. The van der Waals surface area contributed by atoms with Crippen molar-refractivity contribution in [1.29, 1.82) is 0 Å². The topological polar surface area (TPSA) is 64.7 Å². The summed E-state index contributed by atoms with van der Waals surface area (Å²) in [7, 11) is 0.